The summed E-state index contributed by atoms with van der Waals surface area (Å²) in [5.41, 5.74) is 7.06. The number of benzene rings is 2. The smallest absolute Gasteiger partial charge is 0.248 e. The highest BCUT2D eigenvalue weighted by Gasteiger charge is 2.12. The number of hydrogen-bond donors (Lipinski definition) is 2. The van der Waals surface area contributed by atoms with Gasteiger partial charge in [-0.15, -0.1) is 0 Å². The molecular formula is C15H13NO4. The molecule has 2 aromatic carbocycles. The number of hydrogen-bond acceptors (Lipinski definition) is 4. The maximum Gasteiger partial charge on any atom is 0.248 e. The molecule has 1 amide bonds. The molecule has 0 heterocycles. The number of nitrogens with two attached hydrogens (primary N) is 1. The molecule has 5 heteroatoms. The fourth-order valence-electron chi connectivity index (χ4n) is 1.89. The molecule has 0 atom stereocenters. The Balaban J connectivity index is 2.60. The van der Waals surface area contributed by atoms with Crippen molar-refractivity contribution in [1.29, 1.82) is 0 Å². The van der Waals surface area contributed by atoms with E-state index in [1.807, 2.05) is 0 Å². The number of phenolic OH excluding ortho intramolecular Hbond substituents is 1. The van der Waals surface area contributed by atoms with Gasteiger partial charge in [-0.2, -0.15) is 0 Å². The van der Waals surface area contributed by atoms with Crippen LogP contribution in [0.3, 0.4) is 0 Å². The van der Waals surface area contributed by atoms with Crippen LogP contribution in [0.4, 0.5) is 0 Å². The zero-order valence-electron chi connectivity index (χ0n) is 10.8. The van der Waals surface area contributed by atoms with Crippen LogP contribution in [0.5, 0.6) is 11.5 Å². The molecule has 0 saturated carbocycles. The lowest BCUT2D eigenvalue weighted by molar-refractivity contribution is 0.0999. The second kappa shape index (κ2) is 5.44. The van der Waals surface area contributed by atoms with Gasteiger partial charge in [0.25, 0.3) is 0 Å². The van der Waals surface area contributed by atoms with E-state index in [0.29, 0.717) is 23.0 Å². The Morgan fingerprint density at radius 2 is 2.00 bits per heavy atom. The van der Waals surface area contributed by atoms with Crippen LogP contribution < -0.4 is 10.5 Å². The molecule has 2 rings (SSSR count). The first-order chi connectivity index (χ1) is 9.56. The number of phenols is 1. The van der Waals surface area contributed by atoms with Crippen LogP contribution in [-0.4, -0.2) is 24.4 Å². The van der Waals surface area contributed by atoms with Crippen LogP contribution in [0.1, 0.15) is 20.7 Å². The minimum atomic E-state index is -0.534. The SMILES string of the molecule is COc1cc(-c2cccc(C(N)=O)c2)cc(C=O)c1O. The summed E-state index contributed by atoms with van der Waals surface area (Å²) in [6.07, 6.45) is 0.541. The molecule has 0 saturated heterocycles. The average Bonchev–Trinajstić information content (AvgIpc) is 2.47. The number of methoxy groups -OCH3 is 1. The van der Waals surface area contributed by atoms with E-state index in [1.54, 1.807) is 30.3 Å². The number of ether oxygens (including phenoxy) is 1. The maximum absolute atomic E-state index is 11.2. The van der Waals surface area contributed by atoms with Crippen LogP contribution in [0.25, 0.3) is 11.1 Å². The normalized spacial score (nSPS) is 10.1. The molecule has 3 N–H and O–H groups in total. The maximum atomic E-state index is 11.2. The van der Waals surface area contributed by atoms with Crippen molar-refractivity contribution in [3.63, 3.8) is 0 Å². The quantitative estimate of drug-likeness (QED) is 0.832. The van der Waals surface area contributed by atoms with Crippen molar-refractivity contribution in [2.75, 3.05) is 7.11 Å². The first kappa shape index (κ1) is 13.6. The number of carbonyl (C=O) groups excluding carboxylic acids is 2. The van der Waals surface area contributed by atoms with E-state index in [2.05, 4.69) is 0 Å². The van der Waals surface area contributed by atoms with E-state index in [9.17, 15) is 14.7 Å². The minimum absolute atomic E-state index is 0.115. The van der Waals surface area contributed by atoms with Crippen molar-refractivity contribution in [2.24, 2.45) is 5.73 Å². The van der Waals surface area contributed by atoms with Crippen molar-refractivity contribution >= 4 is 12.2 Å². The Morgan fingerprint density at radius 1 is 1.25 bits per heavy atom. The molecule has 0 spiro atoms. The predicted molar refractivity (Wildman–Crippen MR) is 74.0 cm³/mol. The van der Waals surface area contributed by atoms with E-state index in [1.165, 1.54) is 13.2 Å². The average molecular weight is 271 g/mol. The van der Waals surface area contributed by atoms with Gasteiger partial charge in [-0.05, 0) is 35.4 Å². The van der Waals surface area contributed by atoms with Crippen molar-refractivity contribution in [2.45, 2.75) is 0 Å². The number of aldehydes is 1. The molecule has 5 nitrogen and oxygen atoms in total. The van der Waals surface area contributed by atoms with Gasteiger partial charge in [-0.3, -0.25) is 9.59 Å². The lowest BCUT2D eigenvalue weighted by atomic mass is 10.00. The molecule has 20 heavy (non-hydrogen) atoms. The number of primary amides is 1. The summed E-state index contributed by atoms with van der Waals surface area (Å²) in [4.78, 5) is 22.2. The number of rotatable bonds is 4. The van der Waals surface area contributed by atoms with Gasteiger partial charge in [-0.1, -0.05) is 12.1 Å². The van der Waals surface area contributed by atoms with E-state index in [4.69, 9.17) is 10.5 Å². The van der Waals surface area contributed by atoms with Gasteiger partial charge < -0.3 is 15.6 Å². The Labute approximate surface area is 115 Å². The van der Waals surface area contributed by atoms with Crippen LogP contribution >= 0.6 is 0 Å². The molecule has 102 valence electrons. The van der Waals surface area contributed by atoms with Gasteiger partial charge in [-0.25, -0.2) is 0 Å². The van der Waals surface area contributed by atoms with Gasteiger partial charge in [0.1, 0.15) is 0 Å². The Morgan fingerprint density at radius 3 is 2.60 bits per heavy atom. The van der Waals surface area contributed by atoms with Gasteiger partial charge in [0.15, 0.2) is 17.8 Å². The fourth-order valence-corrected chi connectivity index (χ4v) is 1.89. The Bertz CT molecular complexity index is 680. The zero-order valence-corrected chi connectivity index (χ0v) is 10.8. The summed E-state index contributed by atoms with van der Waals surface area (Å²) >= 11 is 0. The Kier molecular flexibility index (Phi) is 3.70. The summed E-state index contributed by atoms with van der Waals surface area (Å²) < 4.78 is 5.03. The van der Waals surface area contributed by atoms with E-state index >= 15 is 0 Å². The van der Waals surface area contributed by atoms with Gasteiger partial charge >= 0.3 is 0 Å². The third-order valence-electron chi connectivity index (χ3n) is 2.93. The lowest BCUT2D eigenvalue weighted by Crippen LogP contribution is -2.10. The number of carbonyl (C=O) groups is 2. The minimum Gasteiger partial charge on any atom is -0.504 e. The summed E-state index contributed by atoms with van der Waals surface area (Å²) in [5, 5.41) is 9.77. The van der Waals surface area contributed by atoms with Crippen LogP contribution in [0.2, 0.25) is 0 Å². The number of amides is 1. The highest BCUT2D eigenvalue weighted by Crippen LogP contribution is 2.34. The predicted octanol–water partition coefficient (Wildman–Crippen LogP) is 1.98. The molecule has 2 aromatic rings. The molecule has 0 radical (unpaired) electrons. The molecule has 0 unspecified atom stereocenters. The number of aromatic hydroxyl groups is 1. The highest BCUT2D eigenvalue weighted by atomic mass is 16.5. The molecule has 0 aliphatic heterocycles. The summed E-state index contributed by atoms with van der Waals surface area (Å²) in [5.74, 6) is -0.556. The topological polar surface area (TPSA) is 89.6 Å². The molecule has 0 aromatic heterocycles. The lowest BCUT2D eigenvalue weighted by Gasteiger charge is -2.10. The fraction of sp³-hybridized carbons (Fsp3) is 0.0667. The highest BCUT2D eigenvalue weighted by molar-refractivity contribution is 5.94. The second-order valence-electron chi connectivity index (χ2n) is 4.18. The van der Waals surface area contributed by atoms with Crippen molar-refractivity contribution in [3.05, 3.63) is 47.5 Å². The van der Waals surface area contributed by atoms with Crippen molar-refractivity contribution < 1.29 is 19.4 Å². The first-order valence-corrected chi connectivity index (χ1v) is 5.83. The molecule has 0 bridgehead atoms. The Hall–Kier alpha value is -2.82. The zero-order chi connectivity index (χ0) is 14.7. The molecular weight excluding hydrogens is 258 g/mol. The third-order valence-corrected chi connectivity index (χ3v) is 2.93. The van der Waals surface area contributed by atoms with Crippen LogP contribution in [0.15, 0.2) is 36.4 Å². The monoisotopic (exact) mass is 271 g/mol. The molecule has 0 aliphatic rings. The standard InChI is InChI=1S/C15H13NO4/c1-20-13-7-11(6-12(8-17)14(13)18)9-3-2-4-10(5-9)15(16)19/h2-8,18H,1H3,(H2,16,19). The van der Waals surface area contributed by atoms with E-state index in [-0.39, 0.29) is 17.1 Å². The largest absolute Gasteiger partial charge is 0.504 e. The van der Waals surface area contributed by atoms with Gasteiger partial charge in [0.05, 0.1) is 12.7 Å². The summed E-state index contributed by atoms with van der Waals surface area (Å²) in [6, 6.07) is 9.78. The van der Waals surface area contributed by atoms with E-state index in [0.717, 1.165) is 0 Å². The van der Waals surface area contributed by atoms with Gasteiger partial charge in [0.2, 0.25) is 5.91 Å². The van der Waals surface area contributed by atoms with Crippen LogP contribution in [0, 0.1) is 0 Å². The summed E-state index contributed by atoms with van der Waals surface area (Å²) in [6.45, 7) is 0. The molecule has 0 fully saturated rings. The second-order valence-corrected chi connectivity index (χ2v) is 4.18. The third kappa shape index (κ3) is 2.47. The van der Waals surface area contributed by atoms with Crippen molar-refractivity contribution in [1.82, 2.24) is 0 Å². The van der Waals surface area contributed by atoms with Crippen molar-refractivity contribution in [3.8, 4) is 22.6 Å². The first-order valence-electron chi connectivity index (χ1n) is 5.83. The van der Waals surface area contributed by atoms with Crippen LogP contribution in [-0.2, 0) is 0 Å². The summed E-state index contributed by atoms with van der Waals surface area (Å²) in [7, 11) is 1.40. The van der Waals surface area contributed by atoms with E-state index < -0.39 is 5.91 Å². The molecule has 0 aliphatic carbocycles. The van der Waals surface area contributed by atoms with Gasteiger partial charge in [0, 0.05) is 5.56 Å².